The Balaban J connectivity index is 1.35. The Bertz CT molecular complexity index is 1250. The number of amides is 1. The average Bonchev–Trinajstić information content (AvgIpc) is 3.36. The second kappa shape index (κ2) is 12.0. The van der Waals surface area contributed by atoms with Crippen LogP contribution in [0.3, 0.4) is 0 Å². The molecule has 4 aromatic rings. The van der Waals surface area contributed by atoms with Crippen LogP contribution in [0.1, 0.15) is 11.7 Å². The van der Waals surface area contributed by atoms with Crippen molar-refractivity contribution < 1.29 is 9.53 Å². The van der Waals surface area contributed by atoms with Crippen LogP contribution in [0.4, 0.5) is 5.69 Å². The summed E-state index contributed by atoms with van der Waals surface area (Å²) in [5.74, 6) is 0.0968. The Hall–Kier alpha value is -3.86. The first-order valence-corrected chi connectivity index (χ1v) is 11.5. The molecule has 3 N–H and O–H groups in total. The Kier molecular flexibility index (Phi) is 8.34. The normalized spacial score (nSPS) is 11.5. The second-order valence-electron chi connectivity index (χ2n) is 7.38. The summed E-state index contributed by atoms with van der Waals surface area (Å²) in [6.45, 7) is 0.0185. The number of para-hydroxylation sites is 1. The van der Waals surface area contributed by atoms with Crippen LogP contribution in [-0.2, 0) is 16.1 Å². The van der Waals surface area contributed by atoms with E-state index in [0.717, 1.165) is 16.8 Å². The highest BCUT2D eigenvalue weighted by Gasteiger charge is 2.18. The SMILES string of the molecule is O=C(COC(Cn1nnc(-c2ccccc2)n1)c1ccc(Cl)cc1)NNC(=S)Nc1ccccc1. The van der Waals surface area contributed by atoms with E-state index in [2.05, 4.69) is 31.6 Å². The van der Waals surface area contributed by atoms with Crippen molar-refractivity contribution in [1.29, 1.82) is 0 Å². The van der Waals surface area contributed by atoms with Gasteiger partial charge in [0.15, 0.2) is 5.11 Å². The van der Waals surface area contributed by atoms with Crippen LogP contribution in [0, 0.1) is 0 Å². The molecule has 1 amide bonds. The van der Waals surface area contributed by atoms with E-state index >= 15 is 0 Å². The topological polar surface area (TPSA) is 106 Å². The summed E-state index contributed by atoms with van der Waals surface area (Å²) in [4.78, 5) is 13.8. The molecule has 1 atom stereocenters. The Morgan fingerprint density at radius 3 is 2.37 bits per heavy atom. The van der Waals surface area contributed by atoms with Crippen LogP contribution in [0.15, 0.2) is 84.9 Å². The fraction of sp³-hybridized carbons (Fsp3) is 0.125. The van der Waals surface area contributed by atoms with Gasteiger partial charge in [0.1, 0.15) is 12.7 Å². The molecule has 35 heavy (non-hydrogen) atoms. The van der Waals surface area contributed by atoms with Crippen LogP contribution >= 0.6 is 23.8 Å². The summed E-state index contributed by atoms with van der Waals surface area (Å²) in [6.07, 6.45) is -0.523. The van der Waals surface area contributed by atoms with Crippen molar-refractivity contribution in [3.63, 3.8) is 0 Å². The molecule has 1 unspecified atom stereocenters. The van der Waals surface area contributed by atoms with Gasteiger partial charge in [-0.05, 0) is 47.3 Å². The molecule has 0 saturated carbocycles. The summed E-state index contributed by atoms with van der Waals surface area (Å²) in [6, 6.07) is 26.1. The summed E-state index contributed by atoms with van der Waals surface area (Å²) in [7, 11) is 0. The van der Waals surface area contributed by atoms with Gasteiger partial charge in [0.05, 0.1) is 6.54 Å². The number of tetrazole rings is 1. The number of nitrogens with zero attached hydrogens (tertiary/aromatic N) is 4. The van der Waals surface area contributed by atoms with Crippen LogP contribution in [0.2, 0.25) is 5.02 Å². The zero-order valence-electron chi connectivity index (χ0n) is 18.5. The van der Waals surface area contributed by atoms with E-state index in [1.807, 2.05) is 72.8 Å². The Labute approximate surface area is 212 Å². The average molecular weight is 508 g/mol. The minimum atomic E-state index is -0.523. The van der Waals surface area contributed by atoms with E-state index in [1.54, 1.807) is 12.1 Å². The number of hydrogen-bond acceptors (Lipinski definition) is 6. The first-order chi connectivity index (χ1) is 17.1. The first-order valence-electron chi connectivity index (χ1n) is 10.7. The van der Waals surface area contributed by atoms with Crippen LogP contribution in [0.5, 0.6) is 0 Å². The van der Waals surface area contributed by atoms with E-state index in [9.17, 15) is 4.79 Å². The number of carbonyl (C=O) groups is 1. The van der Waals surface area contributed by atoms with Gasteiger partial charge >= 0.3 is 0 Å². The molecular formula is C24H22ClN7O2S. The van der Waals surface area contributed by atoms with E-state index in [4.69, 9.17) is 28.6 Å². The lowest BCUT2D eigenvalue weighted by atomic mass is 10.1. The largest absolute Gasteiger partial charge is 0.362 e. The van der Waals surface area contributed by atoms with Crippen molar-refractivity contribution in [1.82, 2.24) is 31.1 Å². The molecule has 1 heterocycles. The van der Waals surface area contributed by atoms with Crippen molar-refractivity contribution >= 4 is 40.5 Å². The van der Waals surface area contributed by atoms with E-state index < -0.39 is 12.0 Å². The second-order valence-corrected chi connectivity index (χ2v) is 8.22. The van der Waals surface area contributed by atoms with Gasteiger partial charge in [-0.1, -0.05) is 72.3 Å². The molecule has 0 spiro atoms. The molecule has 1 aromatic heterocycles. The Morgan fingerprint density at radius 2 is 1.66 bits per heavy atom. The number of thiocarbonyl (C=S) groups is 1. The van der Waals surface area contributed by atoms with Gasteiger partial charge in [0, 0.05) is 16.3 Å². The smallest absolute Gasteiger partial charge is 0.264 e. The third kappa shape index (κ3) is 7.31. The maximum Gasteiger partial charge on any atom is 0.264 e. The molecule has 178 valence electrons. The molecule has 4 rings (SSSR count). The number of anilines is 1. The van der Waals surface area contributed by atoms with Crippen LogP contribution < -0.4 is 16.2 Å². The van der Waals surface area contributed by atoms with E-state index in [-0.39, 0.29) is 18.3 Å². The first kappa shape index (κ1) is 24.3. The number of aromatic nitrogens is 4. The summed E-state index contributed by atoms with van der Waals surface area (Å²) in [5, 5.41) is 16.5. The third-order valence-electron chi connectivity index (χ3n) is 4.82. The molecule has 0 radical (unpaired) electrons. The fourth-order valence-electron chi connectivity index (χ4n) is 3.13. The zero-order valence-corrected chi connectivity index (χ0v) is 20.0. The molecule has 11 heteroatoms. The fourth-order valence-corrected chi connectivity index (χ4v) is 3.42. The standard InChI is InChI=1S/C24H22ClN7O2S/c25-19-13-11-17(12-14-19)21(15-32-30-23(28-31-32)18-7-3-1-4-8-18)34-16-22(33)27-29-24(35)26-20-9-5-2-6-10-20/h1-14,21H,15-16H2,(H,27,33)(H2,26,29,35). The lowest BCUT2D eigenvalue weighted by molar-refractivity contribution is -0.128. The lowest BCUT2D eigenvalue weighted by Gasteiger charge is -2.18. The number of carbonyl (C=O) groups excluding carboxylic acids is 1. The third-order valence-corrected chi connectivity index (χ3v) is 5.27. The van der Waals surface area contributed by atoms with Gasteiger partial charge in [-0.2, -0.15) is 4.80 Å². The predicted octanol–water partition coefficient (Wildman–Crippen LogP) is 3.77. The molecule has 3 aromatic carbocycles. The van der Waals surface area contributed by atoms with Crippen molar-refractivity contribution in [2.24, 2.45) is 0 Å². The quantitative estimate of drug-likeness (QED) is 0.244. The number of rotatable bonds is 8. The molecule has 0 saturated heterocycles. The van der Waals surface area contributed by atoms with Gasteiger partial charge < -0.3 is 10.1 Å². The maximum absolute atomic E-state index is 12.4. The summed E-state index contributed by atoms with van der Waals surface area (Å²) < 4.78 is 5.91. The molecule has 0 aliphatic rings. The van der Waals surface area contributed by atoms with Crippen LogP contribution in [-0.4, -0.2) is 37.8 Å². The summed E-state index contributed by atoms with van der Waals surface area (Å²) >= 11 is 11.2. The highest BCUT2D eigenvalue weighted by molar-refractivity contribution is 7.80. The molecule has 0 bridgehead atoms. The van der Waals surface area contributed by atoms with Crippen molar-refractivity contribution in [3.8, 4) is 11.4 Å². The minimum Gasteiger partial charge on any atom is -0.362 e. The highest BCUT2D eigenvalue weighted by Crippen LogP contribution is 2.22. The number of benzene rings is 3. The maximum atomic E-state index is 12.4. The molecule has 9 nitrogen and oxygen atoms in total. The molecule has 0 fully saturated rings. The number of hydrazine groups is 1. The summed E-state index contributed by atoms with van der Waals surface area (Å²) in [5.41, 5.74) is 7.64. The minimum absolute atomic E-state index is 0.228. The highest BCUT2D eigenvalue weighted by atomic mass is 35.5. The van der Waals surface area contributed by atoms with E-state index in [0.29, 0.717) is 10.8 Å². The van der Waals surface area contributed by atoms with Crippen molar-refractivity contribution in [3.05, 3.63) is 95.5 Å². The van der Waals surface area contributed by atoms with E-state index in [1.165, 1.54) is 4.80 Å². The van der Waals surface area contributed by atoms with Crippen LogP contribution in [0.25, 0.3) is 11.4 Å². The van der Waals surface area contributed by atoms with Gasteiger partial charge in [0.25, 0.3) is 5.91 Å². The van der Waals surface area contributed by atoms with Gasteiger partial charge in [-0.3, -0.25) is 15.6 Å². The van der Waals surface area contributed by atoms with Gasteiger partial charge in [-0.15, -0.1) is 10.2 Å². The molecular weight excluding hydrogens is 486 g/mol. The number of hydrogen-bond donors (Lipinski definition) is 3. The van der Waals surface area contributed by atoms with Crippen molar-refractivity contribution in [2.75, 3.05) is 11.9 Å². The van der Waals surface area contributed by atoms with Gasteiger partial charge in [0.2, 0.25) is 5.82 Å². The molecule has 0 aliphatic carbocycles. The predicted molar refractivity (Wildman–Crippen MR) is 137 cm³/mol. The monoisotopic (exact) mass is 507 g/mol. The zero-order chi connectivity index (χ0) is 24.5. The van der Waals surface area contributed by atoms with Crippen molar-refractivity contribution in [2.45, 2.75) is 12.6 Å². The van der Waals surface area contributed by atoms with Gasteiger partial charge in [-0.25, -0.2) is 0 Å². The number of ether oxygens (including phenoxy) is 1. The number of nitrogens with one attached hydrogen (secondary N) is 3. The Morgan fingerprint density at radius 1 is 0.971 bits per heavy atom. The molecule has 0 aliphatic heterocycles. The lowest BCUT2D eigenvalue weighted by Crippen LogP contribution is -2.45. The number of halogens is 1.